The summed E-state index contributed by atoms with van der Waals surface area (Å²) in [5.41, 5.74) is 1.10. The van der Waals surface area contributed by atoms with E-state index in [0.29, 0.717) is 24.9 Å². The molecule has 3 nitrogen and oxygen atoms in total. The van der Waals surface area contributed by atoms with Gasteiger partial charge in [0.15, 0.2) is 0 Å². The van der Waals surface area contributed by atoms with Crippen LogP contribution in [0.15, 0.2) is 30.3 Å². The Morgan fingerprint density at radius 2 is 2.05 bits per heavy atom. The second kappa shape index (κ2) is 6.71. The van der Waals surface area contributed by atoms with Crippen molar-refractivity contribution in [3.8, 4) is 0 Å². The summed E-state index contributed by atoms with van der Waals surface area (Å²) in [4.78, 5) is 17.5. The second-order valence-electron chi connectivity index (χ2n) is 5.75. The van der Waals surface area contributed by atoms with Crippen molar-refractivity contribution in [2.24, 2.45) is 11.8 Å². The van der Waals surface area contributed by atoms with E-state index in [4.69, 9.17) is 4.84 Å². The lowest BCUT2D eigenvalue weighted by atomic mass is 9.90. The first-order chi connectivity index (χ1) is 9.15. The third kappa shape index (κ3) is 4.35. The number of amides is 1. The van der Waals surface area contributed by atoms with Crippen LogP contribution in [-0.4, -0.2) is 17.5 Å². The number of rotatable bonds is 5. The van der Waals surface area contributed by atoms with Crippen molar-refractivity contribution in [2.75, 3.05) is 6.54 Å². The zero-order valence-electron chi connectivity index (χ0n) is 11.8. The summed E-state index contributed by atoms with van der Waals surface area (Å²) in [5.74, 6) is 1.37. The van der Waals surface area contributed by atoms with Crippen LogP contribution in [0.25, 0.3) is 0 Å². The Hall–Kier alpha value is -1.35. The quantitative estimate of drug-likeness (QED) is 0.813. The summed E-state index contributed by atoms with van der Waals surface area (Å²) in [5, 5.41) is 1.57. The van der Waals surface area contributed by atoms with Crippen LogP contribution in [0, 0.1) is 11.8 Å². The van der Waals surface area contributed by atoms with Crippen molar-refractivity contribution in [3.05, 3.63) is 35.9 Å². The van der Waals surface area contributed by atoms with E-state index in [-0.39, 0.29) is 5.91 Å². The molecule has 1 heterocycles. The van der Waals surface area contributed by atoms with Crippen LogP contribution in [0.2, 0.25) is 0 Å². The number of piperidine rings is 1. The van der Waals surface area contributed by atoms with Crippen molar-refractivity contribution in [3.63, 3.8) is 0 Å². The van der Waals surface area contributed by atoms with Crippen LogP contribution >= 0.6 is 0 Å². The van der Waals surface area contributed by atoms with Crippen LogP contribution < -0.4 is 0 Å². The van der Waals surface area contributed by atoms with Gasteiger partial charge in [0.25, 0.3) is 0 Å². The number of carbonyl (C=O) groups excluding carboxylic acids is 1. The molecule has 1 saturated heterocycles. The van der Waals surface area contributed by atoms with Gasteiger partial charge in [0, 0.05) is 6.42 Å². The predicted molar refractivity (Wildman–Crippen MR) is 75.1 cm³/mol. The molecular weight excluding hydrogens is 238 g/mol. The molecule has 1 atom stereocenters. The first kappa shape index (κ1) is 14.1. The minimum absolute atomic E-state index is 0.121. The summed E-state index contributed by atoms with van der Waals surface area (Å²) < 4.78 is 0. The van der Waals surface area contributed by atoms with Gasteiger partial charge < -0.3 is 0 Å². The average Bonchev–Trinajstić information content (AvgIpc) is 2.40. The fraction of sp³-hybridized carbons (Fsp3) is 0.562. The van der Waals surface area contributed by atoms with Gasteiger partial charge in [0.2, 0.25) is 5.91 Å². The van der Waals surface area contributed by atoms with Gasteiger partial charge >= 0.3 is 0 Å². The molecule has 1 aromatic rings. The van der Waals surface area contributed by atoms with Crippen molar-refractivity contribution in [2.45, 2.75) is 39.7 Å². The highest BCUT2D eigenvalue weighted by Crippen LogP contribution is 2.24. The zero-order chi connectivity index (χ0) is 13.7. The van der Waals surface area contributed by atoms with Gasteiger partial charge in [-0.1, -0.05) is 44.2 Å². The van der Waals surface area contributed by atoms with Gasteiger partial charge in [-0.05, 0) is 30.2 Å². The van der Waals surface area contributed by atoms with E-state index in [1.54, 1.807) is 5.06 Å². The predicted octanol–water partition coefficient (Wildman–Crippen LogP) is 3.40. The van der Waals surface area contributed by atoms with Gasteiger partial charge in [0.1, 0.15) is 6.61 Å². The SMILES string of the molecule is CC(C)CC1CCC(=O)N(OCc2ccccc2)C1. The molecule has 0 N–H and O–H groups in total. The van der Waals surface area contributed by atoms with E-state index < -0.39 is 0 Å². The Morgan fingerprint density at radius 3 is 2.74 bits per heavy atom. The molecule has 0 aromatic heterocycles. The average molecular weight is 261 g/mol. The van der Waals surface area contributed by atoms with Gasteiger partial charge in [-0.2, -0.15) is 0 Å². The second-order valence-corrected chi connectivity index (χ2v) is 5.75. The highest BCUT2D eigenvalue weighted by atomic mass is 16.7. The van der Waals surface area contributed by atoms with E-state index >= 15 is 0 Å². The molecule has 2 rings (SSSR count). The Bertz CT molecular complexity index is 402. The van der Waals surface area contributed by atoms with E-state index in [9.17, 15) is 4.79 Å². The molecule has 1 amide bonds. The van der Waals surface area contributed by atoms with E-state index in [2.05, 4.69) is 13.8 Å². The third-order valence-electron chi connectivity index (χ3n) is 3.50. The maximum atomic E-state index is 11.8. The number of benzene rings is 1. The molecule has 1 aromatic carbocycles. The van der Waals surface area contributed by atoms with Gasteiger partial charge in [-0.15, -0.1) is 0 Å². The minimum Gasteiger partial charge on any atom is -0.273 e. The molecule has 0 aliphatic carbocycles. The maximum absolute atomic E-state index is 11.8. The van der Waals surface area contributed by atoms with E-state index in [1.165, 1.54) is 6.42 Å². The molecule has 1 aliphatic rings. The topological polar surface area (TPSA) is 29.5 Å². The van der Waals surface area contributed by atoms with Crippen molar-refractivity contribution >= 4 is 5.91 Å². The molecule has 0 radical (unpaired) electrons. The number of nitrogens with zero attached hydrogens (tertiary/aromatic N) is 1. The molecule has 0 saturated carbocycles. The number of hydroxylamine groups is 2. The van der Waals surface area contributed by atoms with Crippen LogP contribution in [0.3, 0.4) is 0 Å². The van der Waals surface area contributed by atoms with E-state index in [0.717, 1.165) is 18.5 Å². The Balaban J connectivity index is 1.85. The van der Waals surface area contributed by atoms with Gasteiger partial charge in [0.05, 0.1) is 6.54 Å². The summed E-state index contributed by atoms with van der Waals surface area (Å²) >= 11 is 0. The largest absolute Gasteiger partial charge is 0.273 e. The van der Waals surface area contributed by atoms with Gasteiger partial charge in [-0.3, -0.25) is 9.63 Å². The normalized spacial score (nSPS) is 20.1. The molecule has 1 unspecified atom stereocenters. The first-order valence-corrected chi connectivity index (χ1v) is 7.12. The van der Waals surface area contributed by atoms with Gasteiger partial charge in [-0.25, -0.2) is 5.06 Å². The number of hydrogen-bond acceptors (Lipinski definition) is 2. The molecule has 104 valence electrons. The lowest BCUT2D eigenvalue weighted by molar-refractivity contribution is -0.202. The fourth-order valence-electron chi connectivity index (χ4n) is 2.59. The van der Waals surface area contributed by atoms with Crippen molar-refractivity contribution in [1.82, 2.24) is 5.06 Å². The smallest absolute Gasteiger partial charge is 0.246 e. The molecular formula is C16H23NO2. The van der Waals surface area contributed by atoms with Crippen LogP contribution in [-0.2, 0) is 16.2 Å². The molecule has 3 heteroatoms. The molecule has 0 spiro atoms. The van der Waals surface area contributed by atoms with Crippen molar-refractivity contribution < 1.29 is 9.63 Å². The van der Waals surface area contributed by atoms with Crippen LogP contribution in [0.5, 0.6) is 0 Å². The lowest BCUT2D eigenvalue weighted by Crippen LogP contribution is -2.40. The maximum Gasteiger partial charge on any atom is 0.246 e. The summed E-state index contributed by atoms with van der Waals surface area (Å²) in [6.07, 6.45) is 2.78. The summed E-state index contributed by atoms with van der Waals surface area (Å²) in [6, 6.07) is 9.98. The minimum atomic E-state index is 0.121. The van der Waals surface area contributed by atoms with Crippen LogP contribution in [0.4, 0.5) is 0 Å². The van der Waals surface area contributed by atoms with E-state index in [1.807, 2.05) is 30.3 Å². The first-order valence-electron chi connectivity index (χ1n) is 7.12. The fourth-order valence-corrected chi connectivity index (χ4v) is 2.59. The summed E-state index contributed by atoms with van der Waals surface area (Å²) in [7, 11) is 0. The lowest BCUT2D eigenvalue weighted by Gasteiger charge is -2.32. The Morgan fingerprint density at radius 1 is 1.32 bits per heavy atom. The molecule has 0 bridgehead atoms. The highest BCUT2D eigenvalue weighted by molar-refractivity contribution is 5.75. The molecule has 1 aliphatic heterocycles. The Labute approximate surface area is 115 Å². The number of carbonyl (C=O) groups is 1. The number of hydrogen-bond donors (Lipinski definition) is 0. The summed E-state index contributed by atoms with van der Waals surface area (Å²) in [6.45, 7) is 5.67. The standard InChI is InChI=1S/C16H23NO2/c1-13(2)10-15-8-9-16(18)17(11-15)19-12-14-6-4-3-5-7-14/h3-7,13,15H,8-12H2,1-2H3. The van der Waals surface area contributed by atoms with Crippen molar-refractivity contribution in [1.29, 1.82) is 0 Å². The molecule has 19 heavy (non-hydrogen) atoms. The third-order valence-corrected chi connectivity index (χ3v) is 3.50. The van der Waals surface area contributed by atoms with Crippen LogP contribution in [0.1, 0.15) is 38.7 Å². The zero-order valence-corrected chi connectivity index (χ0v) is 11.8. The monoisotopic (exact) mass is 261 g/mol. The molecule has 1 fully saturated rings. The highest BCUT2D eigenvalue weighted by Gasteiger charge is 2.26. The Kier molecular flexibility index (Phi) is 4.97.